The molecular formula is C8H11NO3. The van der Waals surface area contributed by atoms with Crippen LogP contribution in [0.3, 0.4) is 0 Å². The fourth-order valence-corrected chi connectivity index (χ4v) is 1.15. The number of amides is 1. The van der Waals surface area contributed by atoms with Crippen molar-refractivity contribution in [3.05, 3.63) is 12.2 Å². The van der Waals surface area contributed by atoms with E-state index in [-0.39, 0.29) is 6.04 Å². The van der Waals surface area contributed by atoms with E-state index >= 15 is 0 Å². The van der Waals surface area contributed by atoms with Crippen molar-refractivity contribution in [3.8, 4) is 0 Å². The number of carboxylic acid groups (broad SMARTS) is 1. The molecule has 0 bridgehead atoms. The van der Waals surface area contributed by atoms with Gasteiger partial charge in [-0.3, -0.25) is 9.59 Å². The van der Waals surface area contributed by atoms with Crippen LogP contribution < -0.4 is 5.32 Å². The summed E-state index contributed by atoms with van der Waals surface area (Å²) >= 11 is 0. The molecule has 4 heteroatoms. The van der Waals surface area contributed by atoms with Gasteiger partial charge < -0.3 is 10.4 Å². The minimum absolute atomic E-state index is 0.108. The minimum Gasteiger partial charge on any atom is -0.481 e. The van der Waals surface area contributed by atoms with E-state index in [2.05, 4.69) is 5.32 Å². The van der Waals surface area contributed by atoms with Gasteiger partial charge >= 0.3 is 5.97 Å². The standard InChI is InChI=1S/C8H11NO3/c10-7(5-8(11)12)9-6-3-1-2-4-6/h1-2,6H,3-5H2,(H,9,10)(H,11,12). The van der Waals surface area contributed by atoms with Gasteiger partial charge in [0.05, 0.1) is 0 Å². The number of carbonyl (C=O) groups is 2. The number of carboxylic acids is 1. The molecule has 4 nitrogen and oxygen atoms in total. The molecule has 1 aliphatic carbocycles. The van der Waals surface area contributed by atoms with Gasteiger partial charge in [0.1, 0.15) is 6.42 Å². The Morgan fingerprint density at radius 1 is 1.42 bits per heavy atom. The van der Waals surface area contributed by atoms with Gasteiger partial charge in [-0.05, 0) is 12.8 Å². The lowest BCUT2D eigenvalue weighted by atomic mass is 10.2. The van der Waals surface area contributed by atoms with Crippen molar-refractivity contribution in [2.75, 3.05) is 0 Å². The third kappa shape index (κ3) is 2.74. The quantitative estimate of drug-likeness (QED) is 0.471. The second-order valence-electron chi connectivity index (χ2n) is 2.78. The summed E-state index contributed by atoms with van der Waals surface area (Å²) < 4.78 is 0. The summed E-state index contributed by atoms with van der Waals surface area (Å²) in [5.41, 5.74) is 0. The highest BCUT2D eigenvalue weighted by atomic mass is 16.4. The van der Waals surface area contributed by atoms with Crippen molar-refractivity contribution in [2.45, 2.75) is 25.3 Å². The van der Waals surface area contributed by atoms with Crippen molar-refractivity contribution in [2.24, 2.45) is 0 Å². The molecule has 0 saturated carbocycles. The van der Waals surface area contributed by atoms with E-state index in [1.807, 2.05) is 12.2 Å². The zero-order valence-corrected chi connectivity index (χ0v) is 6.62. The van der Waals surface area contributed by atoms with Crippen LogP contribution in [0.1, 0.15) is 19.3 Å². The molecule has 0 unspecified atom stereocenters. The van der Waals surface area contributed by atoms with Gasteiger partial charge in [-0.25, -0.2) is 0 Å². The molecule has 0 aromatic rings. The maximum atomic E-state index is 10.9. The summed E-state index contributed by atoms with van der Waals surface area (Å²) in [5, 5.41) is 10.9. The van der Waals surface area contributed by atoms with Gasteiger partial charge in [0.2, 0.25) is 5.91 Å². The van der Waals surface area contributed by atoms with E-state index in [9.17, 15) is 9.59 Å². The Morgan fingerprint density at radius 3 is 2.50 bits per heavy atom. The van der Waals surface area contributed by atoms with E-state index in [1.165, 1.54) is 0 Å². The highest BCUT2D eigenvalue weighted by Crippen LogP contribution is 2.08. The highest BCUT2D eigenvalue weighted by Gasteiger charge is 2.14. The summed E-state index contributed by atoms with van der Waals surface area (Å²) in [6.07, 6.45) is 5.14. The zero-order chi connectivity index (χ0) is 8.97. The molecule has 66 valence electrons. The largest absolute Gasteiger partial charge is 0.481 e. The summed E-state index contributed by atoms with van der Waals surface area (Å²) in [5.74, 6) is -1.49. The van der Waals surface area contributed by atoms with Crippen molar-refractivity contribution in [1.82, 2.24) is 5.32 Å². The monoisotopic (exact) mass is 169 g/mol. The topological polar surface area (TPSA) is 66.4 Å². The van der Waals surface area contributed by atoms with Crippen LogP contribution in [0.2, 0.25) is 0 Å². The first kappa shape index (κ1) is 8.77. The Hall–Kier alpha value is -1.32. The van der Waals surface area contributed by atoms with Crippen molar-refractivity contribution >= 4 is 11.9 Å². The van der Waals surface area contributed by atoms with Crippen LogP contribution in [-0.4, -0.2) is 23.0 Å². The summed E-state index contributed by atoms with van der Waals surface area (Å²) in [7, 11) is 0. The van der Waals surface area contributed by atoms with Crippen molar-refractivity contribution < 1.29 is 14.7 Å². The Bertz CT molecular complexity index is 214. The first-order chi connectivity index (χ1) is 5.68. The Balaban J connectivity index is 2.22. The average Bonchev–Trinajstić information content (AvgIpc) is 2.37. The molecule has 1 aliphatic rings. The highest BCUT2D eigenvalue weighted by molar-refractivity contribution is 5.93. The predicted octanol–water partition coefficient (Wildman–Crippen LogP) is 0.296. The Kier molecular flexibility index (Phi) is 2.85. The van der Waals surface area contributed by atoms with E-state index < -0.39 is 18.3 Å². The van der Waals surface area contributed by atoms with Crippen LogP contribution in [0.4, 0.5) is 0 Å². The molecule has 1 rings (SSSR count). The molecule has 0 saturated heterocycles. The fraction of sp³-hybridized carbons (Fsp3) is 0.500. The van der Waals surface area contributed by atoms with Gasteiger partial charge in [0.25, 0.3) is 0 Å². The molecule has 0 aliphatic heterocycles. The molecule has 2 N–H and O–H groups in total. The van der Waals surface area contributed by atoms with E-state index in [1.54, 1.807) is 0 Å². The number of nitrogens with one attached hydrogen (secondary N) is 1. The van der Waals surface area contributed by atoms with Crippen LogP contribution in [0.5, 0.6) is 0 Å². The van der Waals surface area contributed by atoms with Crippen molar-refractivity contribution in [1.29, 1.82) is 0 Å². The SMILES string of the molecule is O=C(O)CC(=O)NC1CC=CC1. The van der Waals surface area contributed by atoms with Gasteiger partial charge in [0, 0.05) is 6.04 Å². The number of rotatable bonds is 3. The molecule has 0 atom stereocenters. The molecule has 0 fully saturated rings. The maximum Gasteiger partial charge on any atom is 0.312 e. The van der Waals surface area contributed by atoms with Gasteiger partial charge in [-0.1, -0.05) is 12.2 Å². The number of hydrogen-bond acceptors (Lipinski definition) is 2. The maximum absolute atomic E-state index is 10.9. The molecular weight excluding hydrogens is 158 g/mol. The summed E-state index contributed by atoms with van der Waals surface area (Å²) in [4.78, 5) is 21.0. The molecule has 0 spiro atoms. The van der Waals surface area contributed by atoms with Gasteiger partial charge in [0.15, 0.2) is 0 Å². The normalized spacial score (nSPS) is 16.3. The summed E-state index contributed by atoms with van der Waals surface area (Å²) in [6.45, 7) is 0. The van der Waals surface area contributed by atoms with Crippen molar-refractivity contribution in [3.63, 3.8) is 0 Å². The third-order valence-corrected chi connectivity index (χ3v) is 1.68. The molecule has 0 radical (unpaired) electrons. The molecule has 0 heterocycles. The third-order valence-electron chi connectivity index (χ3n) is 1.68. The average molecular weight is 169 g/mol. The predicted molar refractivity (Wildman–Crippen MR) is 42.6 cm³/mol. The molecule has 0 aromatic heterocycles. The van der Waals surface area contributed by atoms with Gasteiger partial charge in [-0.2, -0.15) is 0 Å². The van der Waals surface area contributed by atoms with Gasteiger partial charge in [-0.15, -0.1) is 0 Å². The van der Waals surface area contributed by atoms with Crippen LogP contribution in [-0.2, 0) is 9.59 Å². The number of aliphatic carboxylic acids is 1. The van der Waals surface area contributed by atoms with E-state index in [4.69, 9.17) is 5.11 Å². The van der Waals surface area contributed by atoms with Crippen LogP contribution in [0.25, 0.3) is 0 Å². The van der Waals surface area contributed by atoms with Crippen LogP contribution in [0.15, 0.2) is 12.2 Å². The minimum atomic E-state index is -1.08. The van der Waals surface area contributed by atoms with Crippen LogP contribution >= 0.6 is 0 Å². The lowest BCUT2D eigenvalue weighted by Crippen LogP contribution is -2.33. The van der Waals surface area contributed by atoms with E-state index in [0.717, 1.165) is 12.8 Å². The second kappa shape index (κ2) is 3.90. The lowest BCUT2D eigenvalue weighted by Gasteiger charge is -2.10. The smallest absolute Gasteiger partial charge is 0.312 e. The summed E-state index contributed by atoms with van der Waals surface area (Å²) in [6, 6.07) is 0.108. The Labute approximate surface area is 70.3 Å². The first-order valence-electron chi connectivity index (χ1n) is 3.84. The Morgan fingerprint density at radius 2 is 2.00 bits per heavy atom. The fourth-order valence-electron chi connectivity index (χ4n) is 1.15. The second-order valence-corrected chi connectivity index (χ2v) is 2.78. The van der Waals surface area contributed by atoms with E-state index in [0.29, 0.717) is 0 Å². The molecule has 1 amide bonds. The molecule has 12 heavy (non-hydrogen) atoms. The number of hydrogen-bond donors (Lipinski definition) is 2. The number of carbonyl (C=O) groups excluding carboxylic acids is 1. The van der Waals surface area contributed by atoms with Crippen LogP contribution in [0, 0.1) is 0 Å². The lowest BCUT2D eigenvalue weighted by molar-refractivity contribution is -0.140. The first-order valence-corrected chi connectivity index (χ1v) is 3.84. The molecule has 0 aromatic carbocycles. The zero-order valence-electron chi connectivity index (χ0n) is 6.62.